The molecule has 0 aliphatic carbocycles. The molecule has 0 spiro atoms. The van der Waals surface area contributed by atoms with Gasteiger partial charge in [0.05, 0.1) is 5.71 Å². The van der Waals surface area contributed by atoms with Gasteiger partial charge in [0.2, 0.25) is 0 Å². The van der Waals surface area contributed by atoms with Crippen molar-refractivity contribution in [3.63, 3.8) is 0 Å². The van der Waals surface area contributed by atoms with E-state index in [1.165, 1.54) is 5.56 Å². The number of nitrogens with zero attached hydrogens (tertiary/aromatic N) is 1. The molecule has 0 aromatic heterocycles. The molecule has 0 fully saturated rings. The summed E-state index contributed by atoms with van der Waals surface area (Å²) < 4.78 is 5.55. The molecule has 0 heterocycles. The quantitative estimate of drug-likeness (QED) is 0.433. The van der Waals surface area contributed by atoms with E-state index in [2.05, 4.69) is 43.3 Å². The topological polar surface area (TPSA) is 30.8 Å². The molecule has 0 saturated heterocycles. The van der Waals surface area contributed by atoms with Crippen LogP contribution in [0.1, 0.15) is 24.5 Å². The second-order valence-corrected chi connectivity index (χ2v) is 4.75. The summed E-state index contributed by atoms with van der Waals surface area (Å²) in [4.78, 5) is 5.36. The average Bonchev–Trinajstić information content (AvgIpc) is 2.53. The molecule has 0 radical (unpaired) electrons. The molecule has 0 aliphatic rings. The lowest BCUT2D eigenvalue weighted by atomic mass is 10.1. The lowest BCUT2D eigenvalue weighted by Gasteiger charge is -2.07. The number of para-hydroxylation sites is 1. The number of rotatable bonds is 7. The fourth-order valence-electron chi connectivity index (χ4n) is 1.90. The highest BCUT2D eigenvalue weighted by molar-refractivity contribution is 6.00. The van der Waals surface area contributed by atoms with Crippen LogP contribution in [0.2, 0.25) is 0 Å². The lowest BCUT2D eigenvalue weighted by Crippen LogP contribution is -2.06. The van der Waals surface area contributed by atoms with Crippen LogP contribution in [0.4, 0.5) is 0 Å². The highest BCUT2D eigenvalue weighted by Crippen LogP contribution is 2.09. The molecular formula is C18H21NO2. The Hall–Kier alpha value is -2.29. The van der Waals surface area contributed by atoms with Gasteiger partial charge in [0, 0.05) is 0 Å². The van der Waals surface area contributed by atoms with Gasteiger partial charge in [-0.3, -0.25) is 0 Å². The molecule has 0 bridgehead atoms. The van der Waals surface area contributed by atoms with Crippen LogP contribution in [0.15, 0.2) is 59.8 Å². The summed E-state index contributed by atoms with van der Waals surface area (Å²) in [5.41, 5.74) is 3.30. The maximum absolute atomic E-state index is 5.55. The first-order valence-corrected chi connectivity index (χ1v) is 7.23. The molecule has 3 nitrogen and oxygen atoms in total. The van der Waals surface area contributed by atoms with Gasteiger partial charge in [0.1, 0.15) is 12.4 Å². The van der Waals surface area contributed by atoms with Crippen LogP contribution in [0, 0.1) is 6.92 Å². The smallest absolute Gasteiger partial charge is 0.151 e. The number of oxime groups is 1. The van der Waals surface area contributed by atoms with Crippen molar-refractivity contribution in [1.29, 1.82) is 0 Å². The minimum Gasteiger partial charge on any atom is -0.490 e. The monoisotopic (exact) mass is 283 g/mol. The molecule has 2 aromatic rings. The summed E-state index contributed by atoms with van der Waals surface area (Å²) in [5.74, 6) is 0.847. The van der Waals surface area contributed by atoms with Crippen molar-refractivity contribution in [2.24, 2.45) is 5.16 Å². The van der Waals surface area contributed by atoms with E-state index < -0.39 is 0 Å². The Morgan fingerprint density at radius 3 is 2.33 bits per heavy atom. The van der Waals surface area contributed by atoms with Gasteiger partial charge in [-0.05, 0) is 31.0 Å². The van der Waals surface area contributed by atoms with Gasteiger partial charge in [-0.25, -0.2) is 0 Å². The summed E-state index contributed by atoms with van der Waals surface area (Å²) in [6, 6.07) is 18.0. The van der Waals surface area contributed by atoms with Gasteiger partial charge >= 0.3 is 0 Å². The van der Waals surface area contributed by atoms with Crippen LogP contribution in [-0.4, -0.2) is 18.9 Å². The first-order valence-electron chi connectivity index (χ1n) is 7.23. The van der Waals surface area contributed by atoms with Gasteiger partial charge in [0.25, 0.3) is 0 Å². The van der Waals surface area contributed by atoms with Crippen LogP contribution < -0.4 is 4.74 Å². The first kappa shape index (κ1) is 15.1. The Bertz CT molecular complexity index is 562. The summed E-state index contributed by atoms with van der Waals surface area (Å²) in [5, 5.41) is 4.21. The summed E-state index contributed by atoms with van der Waals surface area (Å²) in [6.07, 6.45) is 0.836. The van der Waals surface area contributed by atoms with Crippen LogP contribution in [-0.2, 0) is 4.84 Å². The second-order valence-electron chi connectivity index (χ2n) is 4.75. The highest BCUT2D eigenvalue weighted by atomic mass is 16.6. The molecule has 0 aliphatic heterocycles. The molecule has 2 rings (SSSR count). The average molecular weight is 283 g/mol. The third-order valence-corrected chi connectivity index (χ3v) is 3.08. The van der Waals surface area contributed by atoms with Gasteiger partial charge < -0.3 is 9.57 Å². The first-order chi connectivity index (χ1) is 10.3. The van der Waals surface area contributed by atoms with Gasteiger partial charge in [-0.1, -0.05) is 60.1 Å². The van der Waals surface area contributed by atoms with Gasteiger partial charge in [-0.15, -0.1) is 0 Å². The Morgan fingerprint density at radius 1 is 0.952 bits per heavy atom. The molecule has 21 heavy (non-hydrogen) atoms. The Balaban J connectivity index is 1.80. The van der Waals surface area contributed by atoms with Crippen molar-refractivity contribution < 1.29 is 9.57 Å². The van der Waals surface area contributed by atoms with E-state index in [-0.39, 0.29) is 0 Å². The molecule has 0 amide bonds. The fraction of sp³-hybridized carbons (Fsp3) is 0.278. The van der Waals surface area contributed by atoms with Crippen LogP contribution in [0.5, 0.6) is 5.75 Å². The molecule has 0 unspecified atom stereocenters. The maximum Gasteiger partial charge on any atom is 0.151 e. The van der Waals surface area contributed by atoms with E-state index >= 15 is 0 Å². The third-order valence-electron chi connectivity index (χ3n) is 3.08. The number of hydrogen-bond donors (Lipinski definition) is 0. The van der Waals surface area contributed by atoms with E-state index in [1.54, 1.807) is 0 Å². The lowest BCUT2D eigenvalue weighted by molar-refractivity contribution is 0.107. The number of benzene rings is 2. The minimum atomic E-state index is 0.435. The van der Waals surface area contributed by atoms with Crippen molar-refractivity contribution in [1.82, 2.24) is 0 Å². The van der Waals surface area contributed by atoms with E-state index in [9.17, 15) is 0 Å². The zero-order valence-electron chi connectivity index (χ0n) is 12.6. The number of aryl methyl sites for hydroxylation is 1. The SMILES string of the molecule is CC/C(=N\OCCOc1ccccc1)c1ccc(C)cc1. The van der Waals surface area contributed by atoms with Gasteiger partial charge in [0.15, 0.2) is 6.61 Å². The predicted octanol–water partition coefficient (Wildman–Crippen LogP) is 4.20. The number of hydrogen-bond acceptors (Lipinski definition) is 3. The number of ether oxygens (including phenoxy) is 1. The summed E-state index contributed by atoms with van der Waals surface area (Å²) in [7, 11) is 0. The van der Waals surface area contributed by atoms with E-state index in [0.29, 0.717) is 13.2 Å². The molecule has 2 aromatic carbocycles. The van der Waals surface area contributed by atoms with Crippen LogP contribution >= 0.6 is 0 Å². The van der Waals surface area contributed by atoms with Crippen molar-refractivity contribution >= 4 is 5.71 Å². The van der Waals surface area contributed by atoms with E-state index in [4.69, 9.17) is 9.57 Å². The Labute approximate surface area is 126 Å². The molecule has 0 atom stereocenters. The normalized spacial score (nSPS) is 11.2. The zero-order valence-corrected chi connectivity index (χ0v) is 12.6. The molecule has 0 saturated carbocycles. The standard InChI is InChI=1S/C18H21NO2/c1-3-18(16-11-9-15(2)10-12-16)19-21-14-13-20-17-7-5-4-6-8-17/h4-12H,3,13-14H2,1-2H3/b19-18+. The molecular weight excluding hydrogens is 262 g/mol. The van der Waals surface area contributed by atoms with E-state index in [1.807, 2.05) is 30.3 Å². The minimum absolute atomic E-state index is 0.435. The van der Waals surface area contributed by atoms with Crippen molar-refractivity contribution in [3.05, 3.63) is 65.7 Å². The van der Waals surface area contributed by atoms with Crippen molar-refractivity contribution in [3.8, 4) is 5.75 Å². The fourth-order valence-corrected chi connectivity index (χ4v) is 1.90. The summed E-state index contributed by atoms with van der Waals surface area (Å²) >= 11 is 0. The van der Waals surface area contributed by atoms with Crippen molar-refractivity contribution in [2.75, 3.05) is 13.2 Å². The molecule has 110 valence electrons. The zero-order chi connectivity index (χ0) is 14.9. The summed E-state index contributed by atoms with van der Waals surface area (Å²) in [6.45, 7) is 5.06. The van der Waals surface area contributed by atoms with Gasteiger partial charge in [-0.2, -0.15) is 0 Å². The third kappa shape index (κ3) is 4.95. The highest BCUT2D eigenvalue weighted by Gasteiger charge is 2.01. The molecule has 3 heteroatoms. The molecule has 0 N–H and O–H groups in total. The Kier molecular flexibility index (Phi) is 5.83. The largest absolute Gasteiger partial charge is 0.490 e. The van der Waals surface area contributed by atoms with Crippen LogP contribution in [0.25, 0.3) is 0 Å². The predicted molar refractivity (Wildman–Crippen MR) is 85.9 cm³/mol. The maximum atomic E-state index is 5.55. The second kappa shape index (κ2) is 8.10. The Morgan fingerprint density at radius 2 is 1.67 bits per heavy atom. The van der Waals surface area contributed by atoms with E-state index in [0.717, 1.165) is 23.4 Å². The van der Waals surface area contributed by atoms with Crippen LogP contribution in [0.3, 0.4) is 0 Å². The van der Waals surface area contributed by atoms with Crippen molar-refractivity contribution in [2.45, 2.75) is 20.3 Å².